The molecule has 132 valence electrons. The van der Waals surface area contributed by atoms with Crippen molar-refractivity contribution in [3.8, 4) is 0 Å². The number of amides is 1. The average Bonchev–Trinajstić information content (AvgIpc) is 3.09. The maximum atomic E-state index is 13.2. The van der Waals surface area contributed by atoms with Gasteiger partial charge in [0.1, 0.15) is 11.6 Å². The van der Waals surface area contributed by atoms with Crippen LogP contribution in [0.25, 0.3) is 0 Å². The summed E-state index contributed by atoms with van der Waals surface area (Å²) in [7, 11) is -3.53. The van der Waals surface area contributed by atoms with Gasteiger partial charge in [0.25, 0.3) is 5.91 Å². The summed E-state index contributed by atoms with van der Waals surface area (Å²) >= 11 is 0. The number of hydrogen-bond acceptors (Lipinski definition) is 3. The van der Waals surface area contributed by atoms with Crippen LogP contribution in [0, 0.1) is 11.6 Å². The van der Waals surface area contributed by atoms with Crippen LogP contribution in [0.1, 0.15) is 23.2 Å². The molecule has 25 heavy (non-hydrogen) atoms. The lowest BCUT2D eigenvalue weighted by Crippen LogP contribution is -2.27. The molecule has 1 fully saturated rings. The molecule has 1 amide bonds. The fourth-order valence-electron chi connectivity index (χ4n) is 2.68. The molecule has 2 aromatic rings. The van der Waals surface area contributed by atoms with E-state index in [9.17, 15) is 22.0 Å². The summed E-state index contributed by atoms with van der Waals surface area (Å²) in [6.45, 7) is 1.01. The first-order valence-electron chi connectivity index (χ1n) is 7.74. The molecule has 2 aromatic carbocycles. The number of hydrogen-bond donors (Lipinski definition) is 1. The van der Waals surface area contributed by atoms with Crippen molar-refractivity contribution in [3.63, 3.8) is 0 Å². The number of benzene rings is 2. The third kappa shape index (κ3) is 3.85. The molecule has 1 N–H and O–H groups in total. The largest absolute Gasteiger partial charge is 0.322 e. The lowest BCUT2D eigenvalue weighted by molar-refractivity contribution is 0.102. The van der Waals surface area contributed by atoms with Gasteiger partial charge >= 0.3 is 0 Å². The predicted molar refractivity (Wildman–Crippen MR) is 88.7 cm³/mol. The Labute approximate surface area is 144 Å². The van der Waals surface area contributed by atoms with E-state index in [0.717, 1.165) is 25.0 Å². The molecule has 0 aromatic heterocycles. The summed E-state index contributed by atoms with van der Waals surface area (Å²) in [5.74, 6) is -2.39. The van der Waals surface area contributed by atoms with E-state index in [4.69, 9.17) is 0 Å². The van der Waals surface area contributed by atoms with Crippen LogP contribution in [0.3, 0.4) is 0 Å². The molecular formula is C17H16F2N2O3S. The number of nitrogens with zero attached hydrogens (tertiary/aromatic N) is 1. The van der Waals surface area contributed by atoms with E-state index in [1.54, 1.807) is 0 Å². The van der Waals surface area contributed by atoms with Crippen molar-refractivity contribution in [2.24, 2.45) is 0 Å². The predicted octanol–water partition coefficient (Wildman–Crippen LogP) is 3.00. The van der Waals surface area contributed by atoms with E-state index in [1.807, 2.05) is 0 Å². The summed E-state index contributed by atoms with van der Waals surface area (Å²) in [4.78, 5) is 12.2. The molecule has 0 radical (unpaired) electrons. The molecular weight excluding hydrogens is 350 g/mol. The Bertz CT molecular complexity index is 872. The highest BCUT2D eigenvalue weighted by Gasteiger charge is 2.26. The summed E-state index contributed by atoms with van der Waals surface area (Å²) in [6.07, 6.45) is 1.69. The van der Waals surface area contributed by atoms with E-state index < -0.39 is 27.6 Å². The second-order valence-electron chi connectivity index (χ2n) is 5.75. The monoisotopic (exact) mass is 366 g/mol. The van der Waals surface area contributed by atoms with Gasteiger partial charge in [0, 0.05) is 30.4 Å². The lowest BCUT2D eigenvalue weighted by atomic mass is 10.2. The van der Waals surface area contributed by atoms with Crippen LogP contribution in [-0.4, -0.2) is 31.7 Å². The maximum Gasteiger partial charge on any atom is 0.255 e. The Morgan fingerprint density at radius 3 is 2.08 bits per heavy atom. The standard InChI is InChI=1S/C17H16F2N2O3S/c18-13-9-12(10-14(19)11-13)17(22)20-15-3-5-16(6-4-15)25(23,24)21-7-1-2-8-21/h3-6,9-11H,1-2,7-8H2,(H,20,22). The topological polar surface area (TPSA) is 66.5 Å². The van der Waals surface area contributed by atoms with Crippen LogP contribution < -0.4 is 5.32 Å². The molecule has 0 spiro atoms. The van der Waals surface area contributed by atoms with E-state index >= 15 is 0 Å². The molecule has 1 heterocycles. The molecule has 1 saturated heterocycles. The molecule has 1 aliphatic rings. The van der Waals surface area contributed by atoms with Crippen LogP contribution in [0.2, 0.25) is 0 Å². The first-order chi connectivity index (χ1) is 11.9. The van der Waals surface area contributed by atoms with Crippen molar-refractivity contribution in [2.45, 2.75) is 17.7 Å². The van der Waals surface area contributed by atoms with Gasteiger partial charge in [-0.25, -0.2) is 17.2 Å². The van der Waals surface area contributed by atoms with Gasteiger partial charge in [0.15, 0.2) is 0 Å². The second-order valence-corrected chi connectivity index (χ2v) is 7.69. The minimum Gasteiger partial charge on any atom is -0.322 e. The van der Waals surface area contributed by atoms with Crippen molar-refractivity contribution >= 4 is 21.6 Å². The lowest BCUT2D eigenvalue weighted by Gasteiger charge is -2.15. The van der Waals surface area contributed by atoms with Crippen LogP contribution in [0.5, 0.6) is 0 Å². The number of carbonyl (C=O) groups excluding carboxylic acids is 1. The maximum absolute atomic E-state index is 13.2. The van der Waals surface area contributed by atoms with Gasteiger partial charge in [-0.1, -0.05) is 0 Å². The van der Waals surface area contributed by atoms with Crippen LogP contribution in [-0.2, 0) is 10.0 Å². The quantitative estimate of drug-likeness (QED) is 0.905. The van der Waals surface area contributed by atoms with E-state index in [-0.39, 0.29) is 10.5 Å². The van der Waals surface area contributed by atoms with E-state index in [2.05, 4.69) is 5.32 Å². The number of sulfonamides is 1. The van der Waals surface area contributed by atoms with Gasteiger partial charge in [-0.3, -0.25) is 4.79 Å². The fourth-order valence-corrected chi connectivity index (χ4v) is 4.19. The number of halogens is 2. The molecule has 1 aliphatic heterocycles. The van der Waals surface area contributed by atoms with Crippen molar-refractivity contribution in [2.75, 3.05) is 18.4 Å². The van der Waals surface area contributed by atoms with Gasteiger partial charge in [-0.2, -0.15) is 4.31 Å². The zero-order chi connectivity index (χ0) is 18.0. The summed E-state index contributed by atoms with van der Waals surface area (Å²) in [5, 5.41) is 2.48. The number of anilines is 1. The van der Waals surface area contributed by atoms with Crippen LogP contribution in [0.4, 0.5) is 14.5 Å². The number of nitrogens with one attached hydrogen (secondary N) is 1. The van der Waals surface area contributed by atoms with Crippen molar-refractivity contribution in [1.29, 1.82) is 0 Å². The van der Waals surface area contributed by atoms with Crippen LogP contribution in [0.15, 0.2) is 47.4 Å². The Morgan fingerprint density at radius 1 is 0.960 bits per heavy atom. The molecule has 3 rings (SSSR count). The summed E-state index contributed by atoms with van der Waals surface area (Å²) in [6, 6.07) is 8.20. The molecule has 0 bridgehead atoms. The smallest absolute Gasteiger partial charge is 0.255 e. The molecule has 0 unspecified atom stereocenters. The van der Waals surface area contributed by atoms with E-state index in [0.29, 0.717) is 24.8 Å². The van der Waals surface area contributed by atoms with Gasteiger partial charge in [0.2, 0.25) is 10.0 Å². The SMILES string of the molecule is O=C(Nc1ccc(S(=O)(=O)N2CCCC2)cc1)c1cc(F)cc(F)c1. The zero-order valence-electron chi connectivity index (χ0n) is 13.2. The van der Waals surface area contributed by atoms with Crippen LogP contribution >= 0.6 is 0 Å². The molecule has 5 nitrogen and oxygen atoms in total. The average molecular weight is 366 g/mol. The summed E-state index contributed by atoms with van der Waals surface area (Å²) < 4.78 is 52.6. The molecule has 0 atom stereocenters. The van der Waals surface area contributed by atoms with Crippen molar-refractivity contribution < 1.29 is 22.0 Å². The van der Waals surface area contributed by atoms with Crippen molar-refractivity contribution in [3.05, 3.63) is 59.7 Å². The third-order valence-electron chi connectivity index (χ3n) is 3.94. The number of rotatable bonds is 4. The minimum absolute atomic E-state index is 0.143. The normalized spacial score (nSPS) is 15.3. The Balaban J connectivity index is 1.75. The molecule has 0 aliphatic carbocycles. The number of carbonyl (C=O) groups is 1. The highest BCUT2D eigenvalue weighted by atomic mass is 32.2. The Morgan fingerprint density at radius 2 is 1.52 bits per heavy atom. The zero-order valence-corrected chi connectivity index (χ0v) is 14.0. The fraction of sp³-hybridized carbons (Fsp3) is 0.235. The van der Waals surface area contributed by atoms with Gasteiger partial charge in [-0.15, -0.1) is 0 Å². The highest BCUT2D eigenvalue weighted by Crippen LogP contribution is 2.22. The molecule has 0 saturated carbocycles. The van der Waals surface area contributed by atoms with E-state index in [1.165, 1.54) is 28.6 Å². The van der Waals surface area contributed by atoms with Gasteiger partial charge in [0.05, 0.1) is 4.90 Å². The second kappa shape index (κ2) is 6.89. The summed E-state index contributed by atoms with van der Waals surface area (Å²) in [5.41, 5.74) is 0.168. The first-order valence-corrected chi connectivity index (χ1v) is 9.18. The Hall–Kier alpha value is -2.32. The minimum atomic E-state index is -3.53. The Kier molecular flexibility index (Phi) is 4.82. The highest BCUT2D eigenvalue weighted by molar-refractivity contribution is 7.89. The third-order valence-corrected chi connectivity index (χ3v) is 5.85. The van der Waals surface area contributed by atoms with Crippen molar-refractivity contribution in [1.82, 2.24) is 4.31 Å². The molecule has 8 heteroatoms. The first kappa shape index (κ1) is 17.5. The van der Waals surface area contributed by atoms with Gasteiger partial charge < -0.3 is 5.32 Å². The van der Waals surface area contributed by atoms with Gasteiger partial charge in [-0.05, 0) is 49.2 Å².